The topological polar surface area (TPSA) is 213 Å². The maximum atomic E-state index is 12.5. The molecule has 15 heteroatoms. The molecule has 0 bridgehead atoms. The summed E-state index contributed by atoms with van der Waals surface area (Å²) in [5.41, 5.74) is 7.66. The molecule has 3 heterocycles. The minimum Gasteiger partial charge on any atom is -0.449 e. The Labute approximate surface area is 326 Å². The molecule has 2 fully saturated rings. The third-order valence-electron chi connectivity index (χ3n) is 11.5. The number of oxazole rings is 1. The van der Waals surface area contributed by atoms with Gasteiger partial charge in [0, 0.05) is 63.2 Å². The van der Waals surface area contributed by atoms with Crippen LogP contribution in [-0.2, 0) is 32.8 Å². The molecule has 1 spiro atoms. The first-order valence-corrected chi connectivity index (χ1v) is 20.5. The number of aliphatic hydroxyl groups is 2. The second kappa shape index (κ2) is 19.8. The molecule has 0 unspecified atom stereocenters. The van der Waals surface area contributed by atoms with Gasteiger partial charge in [-0.25, -0.2) is 9.55 Å². The van der Waals surface area contributed by atoms with Crippen molar-refractivity contribution >= 4 is 19.8 Å². The first-order chi connectivity index (χ1) is 25.5. The van der Waals surface area contributed by atoms with Crippen molar-refractivity contribution < 1.29 is 57.2 Å². The number of primary amides is 1. The van der Waals surface area contributed by atoms with Crippen molar-refractivity contribution in [2.45, 2.75) is 143 Å². The van der Waals surface area contributed by atoms with Crippen molar-refractivity contribution in [2.24, 2.45) is 28.9 Å². The minimum absolute atomic E-state index is 0.0352. The number of nitrogens with two attached hydrogens (primary N) is 1. The third kappa shape index (κ3) is 12.3. The number of aromatic nitrogens is 1. The first-order valence-electron chi connectivity index (χ1n) is 19.0. The molecule has 14 nitrogen and oxygen atoms in total. The van der Waals surface area contributed by atoms with E-state index in [1.807, 2.05) is 52.8 Å². The maximum absolute atomic E-state index is 12.5. The Kier molecular flexibility index (Phi) is 16.9. The number of nitrogens with zero attached hydrogens (tertiary/aromatic N) is 1. The zero-order valence-electron chi connectivity index (χ0n) is 34.3. The normalized spacial score (nSPS) is 29.4. The van der Waals surface area contributed by atoms with Gasteiger partial charge in [-0.2, -0.15) is 0 Å². The molecule has 1 aromatic rings. The van der Waals surface area contributed by atoms with Crippen molar-refractivity contribution in [3.05, 3.63) is 58.9 Å². The lowest BCUT2D eigenvalue weighted by molar-refractivity contribution is -0.336. The Hall–Kier alpha value is -2.49. The number of carbonyl (C=O) groups is 1. The van der Waals surface area contributed by atoms with Gasteiger partial charge in [-0.05, 0) is 46.1 Å². The Balaban J connectivity index is 1.83. The fraction of sp³-hybridized carbons (Fsp3) is 0.700. The highest BCUT2D eigenvalue weighted by Gasteiger charge is 2.68. The molecule has 1 amide bonds. The van der Waals surface area contributed by atoms with Crippen molar-refractivity contribution in [1.82, 2.24) is 4.98 Å². The number of aryl methyl sites for hydroxylation is 1. The van der Waals surface area contributed by atoms with E-state index in [0.29, 0.717) is 24.4 Å². The molecule has 2 saturated heterocycles. The highest BCUT2D eigenvalue weighted by Crippen LogP contribution is 2.59. The number of hydrogen-bond acceptors (Lipinski definition) is 11. The summed E-state index contributed by atoms with van der Waals surface area (Å²) in [5.74, 6) is -2.37. The summed E-state index contributed by atoms with van der Waals surface area (Å²) in [6.45, 7) is 16.8. The quantitative estimate of drug-likeness (QED) is 0.0625. The zero-order valence-corrected chi connectivity index (χ0v) is 35.2. The molecule has 55 heavy (non-hydrogen) atoms. The van der Waals surface area contributed by atoms with E-state index in [1.54, 1.807) is 41.1 Å². The van der Waals surface area contributed by atoms with E-state index in [1.165, 1.54) is 13.2 Å². The zero-order chi connectivity index (χ0) is 41.5. The summed E-state index contributed by atoms with van der Waals surface area (Å²) in [6, 6.07) is 0. The van der Waals surface area contributed by atoms with Gasteiger partial charge in [-0.1, -0.05) is 69.6 Å². The predicted molar refractivity (Wildman–Crippen MR) is 208 cm³/mol. The van der Waals surface area contributed by atoms with Crippen LogP contribution in [0.1, 0.15) is 99.1 Å². The molecule has 2 aliphatic rings. The van der Waals surface area contributed by atoms with E-state index >= 15 is 0 Å². The van der Waals surface area contributed by atoms with Crippen LogP contribution in [0.15, 0.2) is 51.7 Å². The molecule has 0 radical (unpaired) electrons. The van der Waals surface area contributed by atoms with Crippen molar-refractivity contribution in [3.8, 4) is 0 Å². The van der Waals surface area contributed by atoms with Crippen LogP contribution in [-0.4, -0.2) is 93.6 Å². The molecule has 0 aromatic carbocycles. The molecule has 0 aliphatic carbocycles. The van der Waals surface area contributed by atoms with E-state index in [4.69, 9.17) is 33.6 Å². The van der Waals surface area contributed by atoms with Crippen molar-refractivity contribution in [2.75, 3.05) is 14.2 Å². The number of ether oxygens (including phenoxy) is 4. The highest BCUT2D eigenvalue weighted by atomic mass is 31.2. The lowest BCUT2D eigenvalue weighted by Gasteiger charge is -2.50. The van der Waals surface area contributed by atoms with E-state index in [2.05, 4.69) is 11.1 Å². The van der Waals surface area contributed by atoms with Gasteiger partial charge in [0.15, 0.2) is 11.7 Å². The molecule has 0 saturated carbocycles. The fourth-order valence-corrected chi connectivity index (χ4v) is 8.41. The van der Waals surface area contributed by atoms with Crippen LogP contribution in [0.2, 0.25) is 0 Å². The van der Waals surface area contributed by atoms with E-state index in [0.717, 1.165) is 23.1 Å². The Morgan fingerprint density at radius 1 is 1.15 bits per heavy atom. The summed E-state index contributed by atoms with van der Waals surface area (Å²) in [7, 11) is -2.01. The van der Waals surface area contributed by atoms with Gasteiger partial charge in [-0.3, -0.25) is 9.32 Å². The number of phosphoric acid groups is 1. The maximum Gasteiger partial charge on any atom is 0.469 e. The van der Waals surface area contributed by atoms with Gasteiger partial charge in [-0.15, -0.1) is 0 Å². The smallest absolute Gasteiger partial charge is 0.449 e. The second-order valence-corrected chi connectivity index (χ2v) is 17.1. The van der Waals surface area contributed by atoms with Crippen molar-refractivity contribution in [3.63, 3.8) is 0 Å². The molecular formula is C40H65N2O12P. The van der Waals surface area contributed by atoms with E-state index < -0.39 is 67.5 Å². The van der Waals surface area contributed by atoms with Gasteiger partial charge in [0.05, 0.1) is 30.5 Å². The van der Waals surface area contributed by atoms with Crippen LogP contribution in [0.3, 0.4) is 0 Å². The number of aliphatic hydroxyl groups excluding tert-OH is 2. The largest absolute Gasteiger partial charge is 0.469 e. The average molecular weight is 797 g/mol. The van der Waals surface area contributed by atoms with Gasteiger partial charge in [0.1, 0.15) is 24.2 Å². The molecule has 11 atom stereocenters. The molecule has 6 N–H and O–H groups in total. The van der Waals surface area contributed by atoms with Gasteiger partial charge in [0.25, 0.3) is 0 Å². The van der Waals surface area contributed by atoms with Crippen LogP contribution >= 0.6 is 7.82 Å². The van der Waals surface area contributed by atoms with Crippen LogP contribution < -0.4 is 5.73 Å². The number of amides is 1. The van der Waals surface area contributed by atoms with E-state index in [9.17, 15) is 29.4 Å². The van der Waals surface area contributed by atoms with Crippen LogP contribution in [0.5, 0.6) is 0 Å². The standard InChI is InChI=1S/C40H65N2O12P/c1-23(18-35(41)44)14-12-15-24(2)25(3)19-26(4)36(45)27(5)31(43)20-33(49-10)37-38(54-55(46,47)48)39(8,9)40(53-37)21-34(50-11)28(6)32(52-40)17-13-16-30-22-51-29(7)42-30/h13,15-16,18-19,22,26-28,31-34,36-38,43,45H,12,14,17,20-21H2,1-11H3,(H2,41,44)(H2,46,47,48)/b16-13+,23-18-,24-15+,25-19+/t26-,27+,28-,31+,32-,33-,34+,36-,37-,38+,40-/m1/s1. The Morgan fingerprint density at radius 3 is 2.38 bits per heavy atom. The number of phosphoric ester groups is 1. The number of rotatable bonds is 19. The average Bonchev–Trinajstić information content (AvgIpc) is 3.59. The SMILES string of the molecule is CO[C@H]1C[C@]2(O[C@H]([C@@H](C[C@H](O)[C@H](C)[C@H](O)[C@H](C)/C=C(C)/C(C)=C/CC/C(C)=C\C(N)=O)OC)[C@H](OP(=O)(O)O)C2(C)C)O[C@H](C/C=C/c2coc(C)n2)[C@H]1C. The number of carbonyl (C=O) groups excluding carboxylic acids is 1. The van der Waals surface area contributed by atoms with Gasteiger partial charge >= 0.3 is 7.82 Å². The van der Waals surface area contributed by atoms with Crippen molar-refractivity contribution in [1.29, 1.82) is 0 Å². The molecule has 2 aliphatic heterocycles. The van der Waals surface area contributed by atoms with Crippen LogP contribution in [0.4, 0.5) is 0 Å². The molecule has 312 valence electrons. The highest BCUT2D eigenvalue weighted by molar-refractivity contribution is 7.46. The van der Waals surface area contributed by atoms with Crippen LogP contribution in [0, 0.1) is 30.1 Å². The minimum atomic E-state index is -5.06. The molecule has 1 aromatic heterocycles. The van der Waals surface area contributed by atoms with Crippen LogP contribution in [0.25, 0.3) is 6.08 Å². The summed E-state index contributed by atoms with van der Waals surface area (Å²) in [6.07, 6.45) is 6.85. The molecular weight excluding hydrogens is 731 g/mol. The summed E-state index contributed by atoms with van der Waals surface area (Å²) in [5, 5.41) is 22.9. The second-order valence-electron chi connectivity index (χ2n) is 16.0. The monoisotopic (exact) mass is 796 g/mol. The number of hydrogen-bond donors (Lipinski definition) is 5. The lowest BCUT2D eigenvalue weighted by Crippen LogP contribution is -2.58. The Bertz CT molecular complexity index is 1600. The lowest BCUT2D eigenvalue weighted by atomic mass is 9.72. The van der Waals surface area contributed by atoms with Gasteiger partial charge < -0.3 is 49.1 Å². The summed E-state index contributed by atoms with van der Waals surface area (Å²) in [4.78, 5) is 35.6. The third-order valence-corrected chi connectivity index (χ3v) is 12.0. The Morgan fingerprint density at radius 2 is 1.82 bits per heavy atom. The first kappa shape index (κ1) is 46.9. The fourth-order valence-electron chi connectivity index (χ4n) is 7.73. The predicted octanol–water partition coefficient (Wildman–Crippen LogP) is 5.93. The molecule has 3 rings (SSSR count). The van der Waals surface area contributed by atoms with E-state index in [-0.39, 0.29) is 30.8 Å². The summed E-state index contributed by atoms with van der Waals surface area (Å²) < 4.78 is 48.7. The number of allylic oxidation sites excluding steroid dienone is 4. The number of methoxy groups -OCH3 is 2. The summed E-state index contributed by atoms with van der Waals surface area (Å²) >= 11 is 0. The van der Waals surface area contributed by atoms with Gasteiger partial charge in [0.2, 0.25) is 5.91 Å².